The van der Waals surface area contributed by atoms with Gasteiger partial charge in [0, 0.05) is 24.8 Å². The van der Waals surface area contributed by atoms with Crippen molar-refractivity contribution in [2.45, 2.75) is 38.2 Å². The highest BCUT2D eigenvalue weighted by molar-refractivity contribution is 5.98. The first-order valence-electron chi connectivity index (χ1n) is 5.09. The van der Waals surface area contributed by atoms with Gasteiger partial charge in [0.15, 0.2) is 5.78 Å². The summed E-state index contributed by atoms with van der Waals surface area (Å²) in [4.78, 5) is 23.1. The number of ether oxygens (including phenoxy) is 2. The third-order valence-corrected chi connectivity index (χ3v) is 2.96. The van der Waals surface area contributed by atoms with Gasteiger partial charge in [-0.1, -0.05) is 0 Å². The maximum atomic E-state index is 11.6. The third-order valence-electron chi connectivity index (χ3n) is 2.96. The Hall–Kier alpha value is -1.32. The molecule has 2 rings (SSSR count). The summed E-state index contributed by atoms with van der Waals surface area (Å²) in [7, 11) is 1.33. The molecule has 1 atom stereocenters. The number of hydrogen-bond donors (Lipinski definition) is 0. The van der Waals surface area contributed by atoms with Crippen LogP contribution >= 0.6 is 0 Å². The molecule has 4 heteroatoms. The molecule has 2 aliphatic rings. The Morgan fingerprint density at radius 2 is 2.20 bits per heavy atom. The third kappa shape index (κ3) is 1.54. The largest absolute Gasteiger partial charge is 0.479 e. The van der Waals surface area contributed by atoms with Crippen LogP contribution in [-0.2, 0) is 19.1 Å². The van der Waals surface area contributed by atoms with Gasteiger partial charge >= 0.3 is 5.97 Å². The van der Waals surface area contributed by atoms with Crippen LogP contribution in [-0.4, -0.2) is 24.5 Å². The standard InChI is InChI=1S/C11H14O4/c1-11(10(13)14-2)6-7-8(12)4-3-5-9(7)15-11/h3-6H2,1-2H3. The zero-order chi connectivity index (χ0) is 11.1. The lowest BCUT2D eigenvalue weighted by Gasteiger charge is -2.21. The van der Waals surface area contributed by atoms with Crippen molar-refractivity contribution in [1.82, 2.24) is 0 Å². The van der Waals surface area contributed by atoms with Crippen LogP contribution < -0.4 is 0 Å². The van der Waals surface area contributed by atoms with E-state index in [0.717, 1.165) is 12.8 Å². The van der Waals surface area contributed by atoms with Crippen LogP contribution in [0.3, 0.4) is 0 Å². The number of Topliss-reactive ketones (excluding diaryl/α,β-unsaturated/α-hetero) is 1. The van der Waals surface area contributed by atoms with Gasteiger partial charge < -0.3 is 9.47 Å². The van der Waals surface area contributed by atoms with Gasteiger partial charge in [0.05, 0.1) is 7.11 Å². The number of carbonyl (C=O) groups excluding carboxylic acids is 2. The molecule has 0 amide bonds. The van der Waals surface area contributed by atoms with Crippen LogP contribution in [0.1, 0.15) is 32.6 Å². The second kappa shape index (κ2) is 3.36. The molecule has 0 radical (unpaired) electrons. The molecule has 1 aliphatic carbocycles. The van der Waals surface area contributed by atoms with E-state index in [0.29, 0.717) is 24.2 Å². The molecule has 1 aliphatic heterocycles. The van der Waals surface area contributed by atoms with Crippen molar-refractivity contribution < 1.29 is 19.1 Å². The topological polar surface area (TPSA) is 52.6 Å². The summed E-state index contributed by atoms with van der Waals surface area (Å²) in [5.41, 5.74) is -0.298. The number of allylic oxidation sites excluding steroid dienone is 1. The Labute approximate surface area is 88.2 Å². The van der Waals surface area contributed by atoms with Crippen molar-refractivity contribution in [2.75, 3.05) is 7.11 Å². The van der Waals surface area contributed by atoms with Crippen molar-refractivity contribution in [2.24, 2.45) is 0 Å². The van der Waals surface area contributed by atoms with Crippen molar-refractivity contribution in [1.29, 1.82) is 0 Å². The summed E-state index contributed by atoms with van der Waals surface area (Å²) in [5.74, 6) is 0.396. The summed E-state index contributed by atoms with van der Waals surface area (Å²) in [6, 6.07) is 0. The molecule has 0 aromatic heterocycles. The Balaban J connectivity index is 2.22. The highest BCUT2D eigenvalue weighted by Crippen LogP contribution is 2.40. The fraction of sp³-hybridized carbons (Fsp3) is 0.636. The minimum atomic E-state index is -0.987. The van der Waals surface area contributed by atoms with Crippen LogP contribution in [0.4, 0.5) is 0 Å². The molecule has 1 unspecified atom stereocenters. The molecule has 0 saturated carbocycles. The fourth-order valence-electron chi connectivity index (χ4n) is 2.15. The lowest BCUT2D eigenvalue weighted by Crippen LogP contribution is -2.36. The molecule has 1 heterocycles. The second-order valence-corrected chi connectivity index (χ2v) is 4.18. The molecule has 0 N–H and O–H groups in total. The average Bonchev–Trinajstić information content (AvgIpc) is 2.57. The molecule has 0 bridgehead atoms. The normalized spacial score (nSPS) is 29.9. The SMILES string of the molecule is COC(=O)C1(C)CC2=C(CCCC2=O)O1. The Bertz CT molecular complexity index is 356. The number of rotatable bonds is 1. The summed E-state index contributed by atoms with van der Waals surface area (Å²) >= 11 is 0. The van der Waals surface area contributed by atoms with Crippen molar-refractivity contribution in [3.63, 3.8) is 0 Å². The summed E-state index contributed by atoms with van der Waals surface area (Å²) < 4.78 is 10.2. The minimum absolute atomic E-state index is 0.115. The van der Waals surface area contributed by atoms with Crippen LogP contribution in [0.2, 0.25) is 0 Å². The van der Waals surface area contributed by atoms with Gasteiger partial charge in [0.1, 0.15) is 5.76 Å². The Kier molecular flexibility index (Phi) is 2.29. The highest BCUT2D eigenvalue weighted by atomic mass is 16.6. The van der Waals surface area contributed by atoms with Gasteiger partial charge in [-0.25, -0.2) is 4.79 Å². The summed E-state index contributed by atoms with van der Waals surface area (Å²) in [6.45, 7) is 1.67. The smallest absolute Gasteiger partial charge is 0.350 e. The number of hydrogen-bond acceptors (Lipinski definition) is 4. The van der Waals surface area contributed by atoms with E-state index in [9.17, 15) is 9.59 Å². The quantitative estimate of drug-likeness (QED) is 0.613. The fourth-order valence-corrected chi connectivity index (χ4v) is 2.15. The van der Waals surface area contributed by atoms with Gasteiger partial charge in [0.25, 0.3) is 0 Å². The van der Waals surface area contributed by atoms with E-state index in [1.807, 2.05) is 0 Å². The van der Waals surface area contributed by atoms with Crippen LogP contribution in [0, 0.1) is 0 Å². The molecule has 4 nitrogen and oxygen atoms in total. The van der Waals surface area contributed by atoms with Crippen LogP contribution in [0.5, 0.6) is 0 Å². The molecule has 15 heavy (non-hydrogen) atoms. The first-order valence-corrected chi connectivity index (χ1v) is 5.09. The number of methoxy groups -OCH3 is 1. The lowest BCUT2D eigenvalue weighted by atomic mass is 9.91. The van der Waals surface area contributed by atoms with Crippen molar-refractivity contribution >= 4 is 11.8 Å². The number of esters is 1. The molecular weight excluding hydrogens is 196 g/mol. The van der Waals surface area contributed by atoms with Gasteiger partial charge in [0.2, 0.25) is 5.60 Å². The summed E-state index contributed by atoms with van der Waals surface area (Å²) in [5, 5.41) is 0. The average molecular weight is 210 g/mol. The first kappa shape index (κ1) is 10.2. The molecule has 0 aromatic carbocycles. The number of carbonyl (C=O) groups is 2. The zero-order valence-electron chi connectivity index (χ0n) is 8.96. The second-order valence-electron chi connectivity index (χ2n) is 4.18. The predicted octanol–water partition coefficient (Wildman–Crippen LogP) is 1.35. The summed E-state index contributed by atoms with van der Waals surface area (Å²) in [6.07, 6.45) is 2.50. The maximum absolute atomic E-state index is 11.6. The van der Waals surface area contributed by atoms with E-state index in [1.54, 1.807) is 6.92 Å². The van der Waals surface area contributed by atoms with E-state index < -0.39 is 11.6 Å². The Morgan fingerprint density at radius 3 is 2.80 bits per heavy atom. The van der Waals surface area contributed by atoms with Crippen molar-refractivity contribution in [3.8, 4) is 0 Å². The molecule has 82 valence electrons. The molecule has 0 spiro atoms. The predicted molar refractivity (Wildman–Crippen MR) is 52.0 cm³/mol. The molecule has 0 aromatic rings. The highest BCUT2D eigenvalue weighted by Gasteiger charge is 2.46. The van der Waals surface area contributed by atoms with E-state index >= 15 is 0 Å². The van der Waals surface area contributed by atoms with Gasteiger partial charge in [-0.3, -0.25) is 4.79 Å². The van der Waals surface area contributed by atoms with Gasteiger partial charge in [-0.2, -0.15) is 0 Å². The van der Waals surface area contributed by atoms with Gasteiger partial charge in [-0.05, 0) is 13.3 Å². The first-order chi connectivity index (χ1) is 7.07. The Morgan fingerprint density at radius 1 is 1.47 bits per heavy atom. The van der Waals surface area contributed by atoms with E-state index in [2.05, 4.69) is 4.74 Å². The van der Waals surface area contributed by atoms with E-state index in [-0.39, 0.29) is 5.78 Å². The van der Waals surface area contributed by atoms with Crippen LogP contribution in [0.25, 0.3) is 0 Å². The van der Waals surface area contributed by atoms with Gasteiger partial charge in [-0.15, -0.1) is 0 Å². The maximum Gasteiger partial charge on any atom is 0.350 e. The molecule has 0 fully saturated rings. The van der Waals surface area contributed by atoms with E-state index in [1.165, 1.54) is 7.11 Å². The zero-order valence-corrected chi connectivity index (χ0v) is 8.96. The van der Waals surface area contributed by atoms with Crippen LogP contribution in [0.15, 0.2) is 11.3 Å². The van der Waals surface area contributed by atoms with E-state index in [4.69, 9.17) is 4.74 Å². The van der Waals surface area contributed by atoms with Crippen molar-refractivity contribution in [3.05, 3.63) is 11.3 Å². The molecular formula is C11H14O4. The number of ketones is 1. The minimum Gasteiger partial charge on any atom is -0.479 e. The molecule has 0 saturated heterocycles. The monoisotopic (exact) mass is 210 g/mol. The lowest BCUT2D eigenvalue weighted by molar-refractivity contribution is -0.160.